The third-order valence-electron chi connectivity index (χ3n) is 7.70. The lowest BCUT2D eigenvalue weighted by atomic mass is 10.0. The number of aryl methyl sites for hydroxylation is 1. The van der Waals surface area contributed by atoms with Gasteiger partial charge in [-0.3, -0.25) is 19.4 Å². The molecular weight excluding hydrogens is 548 g/mol. The molecule has 1 unspecified atom stereocenters. The van der Waals surface area contributed by atoms with E-state index in [-0.39, 0.29) is 23.8 Å². The van der Waals surface area contributed by atoms with E-state index < -0.39 is 0 Å². The maximum atomic E-state index is 13.2. The predicted octanol–water partition coefficient (Wildman–Crippen LogP) is 5.16. The Kier molecular flexibility index (Phi) is 9.29. The average molecular weight is 587 g/mol. The summed E-state index contributed by atoms with van der Waals surface area (Å²) < 4.78 is 13.2. The molecule has 3 aromatic rings. The molecule has 1 aromatic heterocycles. The molecule has 1 fully saturated rings. The van der Waals surface area contributed by atoms with Crippen LogP contribution in [0.2, 0.25) is 0 Å². The van der Waals surface area contributed by atoms with Crippen molar-refractivity contribution in [1.82, 2.24) is 9.47 Å². The van der Waals surface area contributed by atoms with Gasteiger partial charge in [0.05, 0.1) is 36.7 Å². The summed E-state index contributed by atoms with van der Waals surface area (Å²) in [5.74, 6) is 0.621. The summed E-state index contributed by atoms with van der Waals surface area (Å²) >= 11 is 0. The van der Waals surface area contributed by atoms with Crippen LogP contribution in [-0.4, -0.2) is 59.7 Å². The fourth-order valence-electron chi connectivity index (χ4n) is 5.38. The van der Waals surface area contributed by atoms with Crippen LogP contribution in [0.3, 0.4) is 0 Å². The van der Waals surface area contributed by atoms with Crippen molar-refractivity contribution in [2.24, 2.45) is 12.0 Å². The van der Waals surface area contributed by atoms with Gasteiger partial charge >= 0.3 is 0 Å². The zero-order valence-electron chi connectivity index (χ0n) is 24.6. The Hall–Kier alpha value is -4.80. The number of hydrogen-bond donors (Lipinski definition) is 3. The normalized spacial score (nSPS) is 15.7. The van der Waals surface area contributed by atoms with Crippen LogP contribution in [0.4, 0.5) is 22.7 Å². The van der Waals surface area contributed by atoms with Crippen LogP contribution in [0, 0.1) is 0 Å². The van der Waals surface area contributed by atoms with E-state index in [1.807, 2.05) is 11.1 Å². The number of nitrogens with zero attached hydrogens (tertiary/aromatic N) is 3. The molecule has 0 bridgehead atoms. The number of nitrogen functional groups attached to an aromatic ring is 1. The summed E-state index contributed by atoms with van der Waals surface area (Å²) in [7, 11) is 3.31. The molecule has 226 valence electrons. The topological polar surface area (TPSA) is 140 Å². The summed E-state index contributed by atoms with van der Waals surface area (Å²) in [6.07, 6.45) is 9.16. The molecule has 0 spiro atoms. The Morgan fingerprint density at radius 3 is 2.63 bits per heavy atom. The fraction of sp³-hybridized carbons (Fsp3) is 0.375. The number of carbonyl (C=O) groups excluding carboxylic acids is 3. The number of fused-ring (bicyclic) bond motifs is 2. The minimum atomic E-state index is -0.284. The Labute approximate surface area is 251 Å². The van der Waals surface area contributed by atoms with Crippen LogP contribution in [0.5, 0.6) is 11.5 Å². The van der Waals surface area contributed by atoms with Gasteiger partial charge in [-0.15, -0.1) is 0 Å². The van der Waals surface area contributed by atoms with Gasteiger partial charge in [0.15, 0.2) is 11.5 Å². The SMILES string of the molecule is COc1cc2c(cc1OCCCCCC(=O)Nc1cc(C(=O)Nc3ccc(N)cc3)n(C)c1)N=CC1CCCCN1C2=O. The number of nitrogens with two attached hydrogens (primary N) is 1. The minimum absolute atomic E-state index is 0.0199. The molecule has 0 radical (unpaired) electrons. The van der Waals surface area contributed by atoms with Crippen LogP contribution < -0.4 is 25.8 Å². The van der Waals surface area contributed by atoms with Crippen LogP contribution in [0.15, 0.2) is 53.7 Å². The summed E-state index contributed by atoms with van der Waals surface area (Å²) in [6, 6.07) is 12.1. The molecule has 11 heteroatoms. The molecule has 1 saturated heterocycles. The third kappa shape index (κ3) is 7.17. The highest BCUT2D eigenvalue weighted by Crippen LogP contribution is 2.38. The highest BCUT2D eigenvalue weighted by molar-refractivity contribution is 6.05. The highest BCUT2D eigenvalue weighted by atomic mass is 16.5. The van der Waals surface area contributed by atoms with Gasteiger partial charge < -0.3 is 35.3 Å². The molecule has 2 aliphatic heterocycles. The van der Waals surface area contributed by atoms with E-state index >= 15 is 0 Å². The lowest BCUT2D eigenvalue weighted by Gasteiger charge is -2.32. The van der Waals surface area contributed by atoms with Gasteiger partial charge in [-0.25, -0.2) is 0 Å². The van der Waals surface area contributed by atoms with Gasteiger partial charge in [-0.2, -0.15) is 0 Å². The number of carbonyl (C=O) groups is 3. The van der Waals surface area contributed by atoms with E-state index in [1.165, 1.54) is 0 Å². The average Bonchev–Trinajstić information content (AvgIpc) is 3.31. The number of unbranched alkanes of at least 4 members (excludes halogenated alkanes) is 2. The number of anilines is 3. The molecule has 0 aliphatic carbocycles. The van der Waals surface area contributed by atoms with Gasteiger partial charge in [0.25, 0.3) is 11.8 Å². The summed E-state index contributed by atoms with van der Waals surface area (Å²) in [5, 5.41) is 5.69. The Morgan fingerprint density at radius 2 is 1.84 bits per heavy atom. The lowest BCUT2D eigenvalue weighted by molar-refractivity contribution is -0.116. The minimum Gasteiger partial charge on any atom is -0.493 e. The Bertz CT molecular complexity index is 1510. The largest absolute Gasteiger partial charge is 0.493 e. The molecular formula is C32H38N6O5. The monoisotopic (exact) mass is 586 g/mol. The maximum Gasteiger partial charge on any atom is 0.272 e. The Balaban J connectivity index is 1.07. The first-order valence-electron chi connectivity index (χ1n) is 14.7. The van der Waals surface area contributed by atoms with E-state index in [4.69, 9.17) is 15.2 Å². The van der Waals surface area contributed by atoms with Crippen LogP contribution in [-0.2, 0) is 11.8 Å². The quantitative estimate of drug-likeness (QED) is 0.210. The van der Waals surface area contributed by atoms with Gasteiger partial charge in [-0.05, 0) is 74.9 Å². The van der Waals surface area contributed by atoms with Crippen molar-refractivity contribution in [2.75, 3.05) is 36.6 Å². The second-order valence-corrected chi connectivity index (χ2v) is 10.9. The van der Waals surface area contributed by atoms with Crippen molar-refractivity contribution in [2.45, 2.75) is 51.0 Å². The number of ether oxygens (including phenoxy) is 2. The van der Waals surface area contributed by atoms with Gasteiger partial charge in [0.2, 0.25) is 5.91 Å². The molecule has 3 amide bonds. The number of methoxy groups -OCH3 is 1. The first-order valence-corrected chi connectivity index (χ1v) is 14.7. The first-order chi connectivity index (χ1) is 20.8. The van der Waals surface area contributed by atoms with Crippen LogP contribution in [0.25, 0.3) is 0 Å². The zero-order chi connectivity index (χ0) is 30.3. The molecule has 43 heavy (non-hydrogen) atoms. The molecule has 3 heterocycles. The lowest BCUT2D eigenvalue weighted by Crippen LogP contribution is -2.43. The maximum absolute atomic E-state index is 13.2. The van der Waals surface area contributed by atoms with E-state index in [1.54, 1.807) is 67.4 Å². The van der Waals surface area contributed by atoms with E-state index in [0.29, 0.717) is 65.0 Å². The van der Waals surface area contributed by atoms with E-state index in [9.17, 15) is 14.4 Å². The molecule has 11 nitrogen and oxygen atoms in total. The van der Waals surface area contributed by atoms with Crippen molar-refractivity contribution >= 4 is 46.7 Å². The first kappa shape index (κ1) is 29.7. The summed E-state index contributed by atoms with van der Waals surface area (Å²) in [6.45, 7) is 1.18. The number of aromatic nitrogens is 1. The van der Waals surface area contributed by atoms with E-state index in [0.717, 1.165) is 38.6 Å². The van der Waals surface area contributed by atoms with Crippen LogP contribution in [0.1, 0.15) is 65.8 Å². The van der Waals surface area contributed by atoms with Crippen LogP contribution >= 0.6 is 0 Å². The van der Waals surface area contributed by atoms with Gasteiger partial charge in [0, 0.05) is 49.9 Å². The van der Waals surface area contributed by atoms with Crippen molar-refractivity contribution in [3.8, 4) is 11.5 Å². The summed E-state index contributed by atoms with van der Waals surface area (Å²) in [5.41, 5.74) is 9.05. The number of aliphatic imine (C=N–C) groups is 1. The van der Waals surface area contributed by atoms with Crippen molar-refractivity contribution in [3.05, 3.63) is 59.9 Å². The highest BCUT2D eigenvalue weighted by Gasteiger charge is 2.31. The summed E-state index contributed by atoms with van der Waals surface area (Å²) in [4.78, 5) is 44.9. The number of nitrogens with one attached hydrogen (secondary N) is 2. The number of amides is 3. The number of benzene rings is 2. The Morgan fingerprint density at radius 1 is 1.02 bits per heavy atom. The van der Waals surface area contributed by atoms with Gasteiger partial charge in [0.1, 0.15) is 5.69 Å². The van der Waals surface area contributed by atoms with Gasteiger partial charge in [-0.1, -0.05) is 0 Å². The standard InChI is InChI=1S/C32H38N6O5/c1-37-20-23(16-27(37)31(40)36-22-12-10-21(33)11-13-22)35-30(39)9-4-3-7-15-43-29-18-26-25(17-28(29)42-2)32(41)38-14-6-5-8-24(38)19-34-26/h10-13,16-20,24H,3-9,14-15,33H2,1-2H3,(H,35,39)(H,36,40). The molecule has 2 aromatic carbocycles. The molecule has 2 aliphatic rings. The number of hydrogen-bond acceptors (Lipinski definition) is 7. The zero-order valence-corrected chi connectivity index (χ0v) is 24.6. The third-order valence-corrected chi connectivity index (χ3v) is 7.70. The molecule has 1 atom stereocenters. The smallest absolute Gasteiger partial charge is 0.272 e. The van der Waals surface area contributed by atoms with Crippen molar-refractivity contribution in [3.63, 3.8) is 0 Å². The van der Waals surface area contributed by atoms with E-state index in [2.05, 4.69) is 15.6 Å². The fourth-order valence-corrected chi connectivity index (χ4v) is 5.38. The number of piperidine rings is 1. The molecule has 5 rings (SSSR count). The second-order valence-electron chi connectivity index (χ2n) is 10.9. The predicted molar refractivity (Wildman–Crippen MR) is 167 cm³/mol. The van der Waals surface area contributed by atoms with Crippen molar-refractivity contribution < 1.29 is 23.9 Å². The molecule has 4 N–H and O–H groups in total. The second kappa shape index (κ2) is 13.5. The van der Waals surface area contributed by atoms with Crippen molar-refractivity contribution in [1.29, 1.82) is 0 Å². The molecule has 0 saturated carbocycles. The number of rotatable bonds is 11.